The molecular weight excluding hydrogens is 443 g/mol. The van der Waals surface area contributed by atoms with Gasteiger partial charge in [0, 0.05) is 16.7 Å². The predicted molar refractivity (Wildman–Crippen MR) is 118 cm³/mol. The van der Waals surface area contributed by atoms with E-state index in [9.17, 15) is 18.0 Å². The summed E-state index contributed by atoms with van der Waals surface area (Å²) in [6, 6.07) is 17.1. The fraction of sp³-hybridized carbons (Fsp3) is 0.125. The Kier molecular flexibility index (Phi) is 7.43. The Labute approximate surface area is 188 Å². The molecule has 3 rings (SSSR count). The second kappa shape index (κ2) is 10.2. The molecule has 1 N–H and O–H groups in total. The van der Waals surface area contributed by atoms with Crippen molar-refractivity contribution in [2.24, 2.45) is 0 Å². The van der Waals surface area contributed by atoms with E-state index in [1.807, 2.05) is 18.2 Å². The number of anilines is 1. The molecule has 0 atom stereocenters. The minimum Gasteiger partial charge on any atom is -0.493 e. The van der Waals surface area contributed by atoms with Crippen LogP contribution in [0.4, 0.5) is 18.9 Å². The Morgan fingerprint density at radius 1 is 1.03 bits per heavy atom. The minimum absolute atomic E-state index is 0.242. The highest BCUT2D eigenvalue weighted by Gasteiger charge is 2.33. The average Bonchev–Trinajstić information content (AvgIpc) is 2.77. The van der Waals surface area contributed by atoms with Crippen LogP contribution in [0.5, 0.6) is 11.5 Å². The molecule has 0 radical (unpaired) electrons. The molecule has 0 aromatic heterocycles. The first kappa shape index (κ1) is 23.2. The lowest BCUT2D eigenvalue weighted by Gasteiger charge is -2.13. The van der Waals surface area contributed by atoms with E-state index in [0.29, 0.717) is 22.1 Å². The van der Waals surface area contributed by atoms with Gasteiger partial charge in [-0.05, 0) is 42.0 Å². The SMILES string of the molecule is COc1cc(/C=C/C(=O)Nc2ccccc2C(F)(F)F)ccc1OCc1ccccc1Cl. The lowest BCUT2D eigenvalue weighted by Crippen LogP contribution is -2.14. The smallest absolute Gasteiger partial charge is 0.418 e. The second-order valence-electron chi connectivity index (χ2n) is 6.66. The largest absolute Gasteiger partial charge is 0.493 e. The quantitative estimate of drug-likeness (QED) is 0.403. The van der Waals surface area contributed by atoms with Gasteiger partial charge in [-0.3, -0.25) is 4.79 Å². The number of alkyl halides is 3. The van der Waals surface area contributed by atoms with Gasteiger partial charge in [-0.25, -0.2) is 0 Å². The minimum atomic E-state index is -4.57. The summed E-state index contributed by atoms with van der Waals surface area (Å²) >= 11 is 6.13. The summed E-state index contributed by atoms with van der Waals surface area (Å²) in [5.41, 5.74) is 0.196. The van der Waals surface area contributed by atoms with E-state index in [1.165, 1.54) is 31.4 Å². The Morgan fingerprint density at radius 2 is 1.75 bits per heavy atom. The number of halogens is 4. The molecular formula is C24H19ClF3NO3. The summed E-state index contributed by atoms with van der Waals surface area (Å²) in [4.78, 5) is 12.1. The number of rotatable bonds is 7. The first-order chi connectivity index (χ1) is 15.3. The number of nitrogens with one attached hydrogen (secondary N) is 1. The highest BCUT2D eigenvalue weighted by atomic mass is 35.5. The number of benzene rings is 3. The Hall–Kier alpha value is -3.45. The first-order valence-electron chi connectivity index (χ1n) is 9.47. The molecule has 0 aliphatic carbocycles. The van der Waals surface area contributed by atoms with Gasteiger partial charge in [-0.15, -0.1) is 0 Å². The van der Waals surface area contributed by atoms with Crippen LogP contribution < -0.4 is 14.8 Å². The summed E-state index contributed by atoms with van der Waals surface area (Å²) in [6.45, 7) is 0.242. The van der Waals surface area contributed by atoms with Gasteiger partial charge in [0.15, 0.2) is 11.5 Å². The van der Waals surface area contributed by atoms with Crippen LogP contribution in [0.15, 0.2) is 72.8 Å². The molecule has 3 aromatic rings. The topological polar surface area (TPSA) is 47.6 Å². The molecule has 0 aliphatic rings. The number of hydrogen-bond acceptors (Lipinski definition) is 3. The summed E-state index contributed by atoms with van der Waals surface area (Å²) < 4.78 is 50.3. The molecule has 0 saturated heterocycles. The lowest BCUT2D eigenvalue weighted by atomic mass is 10.1. The van der Waals surface area contributed by atoms with Crippen LogP contribution in [-0.2, 0) is 17.6 Å². The van der Waals surface area contributed by atoms with Crippen LogP contribution in [0.3, 0.4) is 0 Å². The number of para-hydroxylation sites is 1. The normalized spacial score (nSPS) is 11.4. The fourth-order valence-electron chi connectivity index (χ4n) is 2.86. The van der Waals surface area contributed by atoms with Gasteiger partial charge in [0.2, 0.25) is 5.91 Å². The molecule has 32 heavy (non-hydrogen) atoms. The second-order valence-corrected chi connectivity index (χ2v) is 7.06. The molecule has 0 saturated carbocycles. The molecule has 0 bridgehead atoms. The fourth-order valence-corrected chi connectivity index (χ4v) is 3.05. The maximum absolute atomic E-state index is 13.1. The Balaban J connectivity index is 1.69. The van der Waals surface area contributed by atoms with Gasteiger partial charge < -0.3 is 14.8 Å². The van der Waals surface area contributed by atoms with E-state index in [0.717, 1.165) is 17.7 Å². The number of amides is 1. The van der Waals surface area contributed by atoms with Crippen molar-refractivity contribution >= 4 is 29.3 Å². The summed E-state index contributed by atoms with van der Waals surface area (Å²) in [5.74, 6) is 0.217. The van der Waals surface area contributed by atoms with Gasteiger partial charge >= 0.3 is 6.18 Å². The number of carbonyl (C=O) groups excluding carboxylic acids is 1. The highest BCUT2D eigenvalue weighted by Crippen LogP contribution is 2.34. The zero-order chi connectivity index (χ0) is 23.1. The van der Waals surface area contributed by atoms with E-state index in [4.69, 9.17) is 21.1 Å². The average molecular weight is 462 g/mol. The van der Waals surface area contributed by atoms with Gasteiger partial charge in [0.1, 0.15) is 6.61 Å². The zero-order valence-electron chi connectivity index (χ0n) is 16.9. The first-order valence-corrected chi connectivity index (χ1v) is 9.85. The van der Waals surface area contributed by atoms with Gasteiger partial charge in [0.05, 0.1) is 18.4 Å². The van der Waals surface area contributed by atoms with Crippen molar-refractivity contribution in [3.8, 4) is 11.5 Å². The van der Waals surface area contributed by atoms with Crippen molar-refractivity contribution in [2.75, 3.05) is 12.4 Å². The molecule has 0 spiro atoms. The molecule has 0 aliphatic heterocycles. The van der Waals surface area contributed by atoms with Crippen LogP contribution >= 0.6 is 11.6 Å². The summed E-state index contributed by atoms with van der Waals surface area (Å²) in [5, 5.41) is 2.84. The van der Waals surface area contributed by atoms with Gasteiger partial charge in [-0.1, -0.05) is 48.0 Å². The molecule has 0 fully saturated rings. The number of methoxy groups -OCH3 is 1. The lowest BCUT2D eigenvalue weighted by molar-refractivity contribution is -0.136. The zero-order valence-corrected chi connectivity index (χ0v) is 17.7. The molecule has 1 amide bonds. The third kappa shape index (κ3) is 6.04. The van der Waals surface area contributed by atoms with Gasteiger partial charge in [0.25, 0.3) is 0 Å². The predicted octanol–water partition coefficient (Wildman–Crippen LogP) is 6.60. The Bertz CT molecular complexity index is 1130. The van der Waals surface area contributed by atoms with Gasteiger partial charge in [-0.2, -0.15) is 13.2 Å². The van der Waals surface area contributed by atoms with Crippen molar-refractivity contribution in [3.05, 3.63) is 94.5 Å². The number of hydrogen-bond donors (Lipinski definition) is 1. The van der Waals surface area contributed by atoms with E-state index in [2.05, 4.69) is 5.32 Å². The monoisotopic (exact) mass is 461 g/mol. The van der Waals surface area contributed by atoms with Crippen molar-refractivity contribution < 1.29 is 27.4 Å². The van der Waals surface area contributed by atoms with Crippen molar-refractivity contribution in [1.29, 1.82) is 0 Å². The van der Waals surface area contributed by atoms with E-state index in [-0.39, 0.29) is 12.3 Å². The van der Waals surface area contributed by atoms with Crippen LogP contribution in [0.25, 0.3) is 6.08 Å². The third-order valence-corrected chi connectivity index (χ3v) is 4.81. The van der Waals surface area contributed by atoms with Crippen LogP contribution in [-0.4, -0.2) is 13.0 Å². The molecule has 8 heteroatoms. The molecule has 166 valence electrons. The maximum Gasteiger partial charge on any atom is 0.418 e. The third-order valence-electron chi connectivity index (χ3n) is 4.45. The van der Waals surface area contributed by atoms with E-state index in [1.54, 1.807) is 24.3 Å². The number of ether oxygens (including phenoxy) is 2. The highest BCUT2D eigenvalue weighted by molar-refractivity contribution is 6.31. The van der Waals surface area contributed by atoms with E-state index < -0.39 is 17.6 Å². The van der Waals surface area contributed by atoms with Crippen LogP contribution in [0.2, 0.25) is 5.02 Å². The molecule has 3 aromatic carbocycles. The maximum atomic E-state index is 13.1. The standard InChI is InChI=1S/C24H19ClF3NO3/c1-31-22-14-16(10-12-21(22)32-15-17-6-2-4-8-19(17)25)11-13-23(30)29-20-9-5-3-7-18(20)24(26,27)28/h2-14H,15H2,1H3,(H,29,30)/b13-11+. The molecule has 0 heterocycles. The molecule has 0 unspecified atom stereocenters. The summed E-state index contributed by atoms with van der Waals surface area (Å²) in [7, 11) is 1.48. The Morgan fingerprint density at radius 3 is 2.47 bits per heavy atom. The molecule has 4 nitrogen and oxygen atoms in total. The van der Waals surface area contributed by atoms with E-state index >= 15 is 0 Å². The van der Waals surface area contributed by atoms with Crippen molar-refractivity contribution in [3.63, 3.8) is 0 Å². The number of carbonyl (C=O) groups is 1. The van der Waals surface area contributed by atoms with Crippen LogP contribution in [0, 0.1) is 0 Å². The van der Waals surface area contributed by atoms with Crippen molar-refractivity contribution in [1.82, 2.24) is 0 Å². The summed E-state index contributed by atoms with van der Waals surface area (Å²) in [6.07, 6.45) is -1.96. The van der Waals surface area contributed by atoms with Crippen molar-refractivity contribution in [2.45, 2.75) is 12.8 Å². The van der Waals surface area contributed by atoms with Crippen LogP contribution in [0.1, 0.15) is 16.7 Å².